The van der Waals surface area contributed by atoms with Crippen LogP contribution in [0, 0.1) is 42.3 Å². The number of aliphatic hydroxyl groups is 2. The number of aryl methyl sites for hydroxylation is 2. The van der Waals surface area contributed by atoms with E-state index in [-0.39, 0.29) is 48.4 Å². The first kappa shape index (κ1) is 32.5. The molecule has 4 N–H and O–H groups in total. The van der Waals surface area contributed by atoms with Gasteiger partial charge in [0.25, 0.3) is 0 Å². The average Bonchev–Trinajstić information content (AvgIpc) is 3.29. The maximum Gasteiger partial charge on any atom is 0.185 e. The van der Waals surface area contributed by atoms with Crippen LogP contribution in [0.1, 0.15) is 81.4 Å². The smallest absolute Gasteiger partial charge is 0.185 e. The standard InChI is InChI=1S/C38H44FNO6/c1-22-7-6-8-26(17-22)21-45-29-10-9-23(2)31(32(29)39)34(44)46-38(24(3)42)16-13-30-36(38,5)19-28(43)33-35(4)14-11-25(20-41)18-27(35)12-15-37(30,33)40/h6-11,14,17-18,28,30,33-34,43-44H,12-13,15-16,19,21,40H2,1-5H3/t28?,30-,33-,34?,35?,36?,37?,38+/m1/s1. The maximum absolute atomic E-state index is 16.0. The number of carbonyl (C=O) groups excluding carboxylic acids is 2. The summed E-state index contributed by atoms with van der Waals surface area (Å²) in [6.45, 7) is 9.21. The predicted octanol–water partition coefficient (Wildman–Crippen LogP) is 5.91. The molecule has 244 valence electrons. The minimum atomic E-state index is -1.76. The van der Waals surface area contributed by atoms with Gasteiger partial charge in [-0.1, -0.05) is 61.4 Å². The second-order valence-electron chi connectivity index (χ2n) is 14.5. The normalized spacial score (nSPS) is 35.4. The van der Waals surface area contributed by atoms with Gasteiger partial charge in [-0.3, -0.25) is 4.79 Å². The molecule has 4 aliphatic carbocycles. The van der Waals surface area contributed by atoms with Crippen LogP contribution in [0.4, 0.5) is 4.39 Å². The van der Waals surface area contributed by atoms with E-state index in [1.165, 1.54) is 13.0 Å². The molecule has 46 heavy (non-hydrogen) atoms. The molecule has 0 radical (unpaired) electrons. The van der Waals surface area contributed by atoms with Crippen LogP contribution in [-0.2, 0) is 20.9 Å². The van der Waals surface area contributed by atoms with Gasteiger partial charge in [0.1, 0.15) is 18.1 Å². The van der Waals surface area contributed by atoms with Crippen LogP contribution in [0.15, 0.2) is 65.8 Å². The van der Waals surface area contributed by atoms with Crippen molar-refractivity contribution in [1.82, 2.24) is 0 Å². The van der Waals surface area contributed by atoms with Gasteiger partial charge in [-0.25, -0.2) is 9.18 Å². The Morgan fingerprint density at radius 2 is 1.96 bits per heavy atom. The van der Waals surface area contributed by atoms with Gasteiger partial charge in [0.2, 0.25) is 0 Å². The third kappa shape index (κ3) is 4.77. The Morgan fingerprint density at radius 1 is 1.20 bits per heavy atom. The van der Waals surface area contributed by atoms with Crippen LogP contribution >= 0.6 is 0 Å². The fraction of sp³-hybridized carbons (Fsp3) is 0.500. The zero-order valence-electron chi connectivity index (χ0n) is 27.2. The monoisotopic (exact) mass is 629 g/mol. The van der Waals surface area contributed by atoms with Gasteiger partial charge in [0.05, 0.1) is 17.2 Å². The van der Waals surface area contributed by atoms with E-state index >= 15 is 4.39 Å². The van der Waals surface area contributed by atoms with Crippen molar-refractivity contribution in [3.63, 3.8) is 0 Å². The summed E-state index contributed by atoms with van der Waals surface area (Å²) in [5.41, 5.74) is 7.32. The number of halogens is 1. The topological polar surface area (TPSA) is 119 Å². The molecular weight excluding hydrogens is 585 g/mol. The maximum atomic E-state index is 16.0. The fourth-order valence-electron chi connectivity index (χ4n) is 9.79. The molecule has 5 unspecified atom stereocenters. The minimum Gasteiger partial charge on any atom is -0.486 e. The van der Waals surface area contributed by atoms with Crippen molar-refractivity contribution in [2.24, 2.45) is 28.4 Å². The quantitative estimate of drug-likeness (QED) is 0.258. The molecule has 6 rings (SSSR count). The number of carbonyl (C=O) groups is 1. The fourth-order valence-corrected chi connectivity index (χ4v) is 9.79. The largest absolute Gasteiger partial charge is 0.486 e. The third-order valence-electron chi connectivity index (χ3n) is 11.9. The summed E-state index contributed by atoms with van der Waals surface area (Å²) in [7, 11) is 0. The molecule has 8 heteroatoms. The Hall–Kier alpha value is -3.39. The number of nitrogens with two attached hydrogens (primary N) is 1. The first-order chi connectivity index (χ1) is 21.7. The number of ether oxygens (including phenoxy) is 2. The Morgan fingerprint density at radius 3 is 2.65 bits per heavy atom. The van der Waals surface area contributed by atoms with Gasteiger partial charge in [-0.05, 0) is 88.1 Å². The van der Waals surface area contributed by atoms with Crippen LogP contribution in [-0.4, -0.2) is 39.2 Å². The van der Waals surface area contributed by atoms with Crippen molar-refractivity contribution in [2.75, 3.05) is 0 Å². The van der Waals surface area contributed by atoms with E-state index in [1.807, 2.05) is 56.2 Å². The van der Waals surface area contributed by atoms with E-state index in [1.54, 1.807) is 19.1 Å². The van der Waals surface area contributed by atoms with Crippen molar-refractivity contribution in [3.05, 3.63) is 93.8 Å². The van der Waals surface area contributed by atoms with Crippen LogP contribution in [0.3, 0.4) is 0 Å². The molecule has 0 aromatic heterocycles. The van der Waals surface area contributed by atoms with Crippen molar-refractivity contribution in [1.29, 1.82) is 0 Å². The molecule has 0 amide bonds. The summed E-state index contributed by atoms with van der Waals surface area (Å²) in [5.74, 6) is 0.312. The van der Waals surface area contributed by atoms with Crippen molar-refractivity contribution < 1.29 is 33.7 Å². The number of benzene rings is 2. The van der Waals surface area contributed by atoms with Crippen LogP contribution < -0.4 is 10.5 Å². The van der Waals surface area contributed by atoms with Gasteiger partial charge in [0, 0.05) is 22.3 Å². The van der Waals surface area contributed by atoms with Crippen LogP contribution in [0.25, 0.3) is 0 Å². The molecule has 0 bridgehead atoms. The Bertz CT molecular complexity index is 1690. The number of hydrogen-bond acceptors (Lipinski definition) is 7. The average molecular weight is 630 g/mol. The highest BCUT2D eigenvalue weighted by Crippen LogP contribution is 2.69. The molecule has 4 aliphatic rings. The number of allylic oxidation sites excluding steroid dienone is 5. The summed E-state index contributed by atoms with van der Waals surface area (Å²) < 4.78 is 28.3. The Labute approximate surface area is 270 Å². The molecule has 2 aromatic rings. The first-order valence-corrected chi connectivity index (χ1v) is 16.2. The molecule has 0 saturated heterocycles. The lowest BCUT2D eigenvalue weighted by Gasteiger charge is -2.64. The molecule has 0 aliphatic heterocycles. The van der Waals surface area contributed by atoms with E-state index in [9.17, 15) is 19.8 Å². The zero-order chi connectivity index (χ0) is 33.2. The van der Waals surface area contributed by atoms with Crippen LogP contribution in [0.5, 0.6) is 5.75 Å². The molecule has 3 fully saturated rings. The first-order valence-electron chi connectivity index (χ1n) is 16.2. The second-order valence-corrected chi connectivity index (χ2v) is 14.5. The summed E-state index contributed by atoms with van der Waals surface area (Å²) in [6.07, 6.45) is 5.12. The molecule has 0 spiro atoms. The van der Waals surface area contributed by atoms with E-state index in [4.69, 9.17) is 15.2 Å². The van der Waals surface area contributed by atoms with Crippen molar-refractivity contribution >= 4 is 11.7 Å². The zero-order valence-corrected chi connectivity index (χ0v) is 27.2. The van der Waals surface area contributed by atoms with Gasteiger partial charge >= 0.3 is 0 Å². The van der Waals surface area contributed by atoms with Crippen molar-refractivity contribution in [2.45, 2.75) is 96.9 Å². The highest BCUT2D eigenvalue weighted by molar-refractivity contribution is 5.87. The van der Waals surface area contributed by atoms with E-state index < -0.39 is 40.2 Å². The third-order valence-corrected chi connectivity index (χ3v) is 11.9. The van der Waals surface area contributed by atoms with E-state index in [2.05, 4.69) is 6.92 Å². The summed E-state index contributed by atoms with van der Waals surface area (Å²) >= 11 is 0. The summed E-state index contributed by atoms with van der Waals surface area (Å²) in [6, 6.07) is 10.9. The van der Waals surface area contributed by atoms with Gasteiger partial charge < -0.3 is 25.4 Å². The molecule has 3 saturated carbocycles. The lowest BCUT2D eigenvalue weighted by molar-refractivity contribution is -0.244. The number of fused-ring (bicyclic) bond motifs is 5. The summed E-state index contributed by atoms with van der Waals surface area (Å²) in [5, 5.41) is 23.5. The highest BCUT2D eigenvalue weighted by atomic mass is 19.1. The van der Waals surface area contributed by atoms with Gasteiger partial charge in [-0.2, -0.15) is 0 Å². The number of aliphatic hydroxyl groups excluding tert-OH is 2. The molecule has 2 aromatic carbocycles. The SMILES string of the molecule is CC(=O)[C@@]1(OC(O)c2c(C)ccc(OCc3cccc(C)c3)c2F)CC[C@H]2C3(N)CCC4=CC(=C=O)C=CC4(C)[C@H]3C(O)CC21C. The molecule has 0 heterocycles. The Balaban J connectivity index is 1.32. The Kier molecular flexibility index (Phi) is 8.06. The second kappa shape index (κ2) is 11.4. The molecule has 7 nitrogen and oxygen atoms in total. The number of hydrogen-bond donors (Lipinski definition) is 3. The van der Waals surface area contributed by atoms with Gasteiger partial charge in [0.15, 0.2) is 23.6 Å². The van der Waals surface area contributed by atoms with Crippen molar-refractivity contribution in [3.8, 4) is 5.75 Å². The van der Waals surface area contributed by atoms with Gasteiger partial charge in [-0.15, -0.1) is 0 Å². The lowest BCUT2D eigenvalue weighted by atomic mass is 9.43. The highest BCUT2D eigenvalue weighted by Gasteiger charge is 2.73. The lowest BCUT2D eigenvalue weighted by Crippen LogP contribution is -2.72. The predicted molar refractivity (Wildman–Crippen MR) is 172 cm³/mol. The van der Waals surface area contributed by atoms with Crippen LogP contribution in [0.2, 0.25) is 0 Å². The summed E-state index contributed by atoms with van der Waals surface area (Å²) in [4.78, 5) is 25.1. The van der Waals surface area contributed by atoms with E-state index in [0.717, 1.165) is 16.7 Å². The number of rotatable bonds is 7. The number of Topliss-reactive ketones (excluding diaryl/α,β-unsaturated/α-hetero) is 1. The minimum absolute atomic E-state index is 0.0265. The number of ketones is 1. The molecular formula is C38H44FNO6. The van der Waals surface area contributed by atoms with E-state index in [0.29, 0.717) is 30.4 Å². The molecule has 8 atom stereocenters.